The van der Waals surface area contributed by atoms with Crippen LogP contribution < -0.4 is 15.5 Å². The molecule has 3 aromatic rings. The molecule has 2 N–H and O–H groups in total. The smallest absolute Gasteiger partial charge is 0.191 e. The second-order valence-electron chi connectivity index (χ2n) is 7.99. The van der Waals surface area contributed by atoms with E-state index in [0.717, 1.165) is 48.3 Å². The van der Waals surface area contributed by atoms with Crippen LogP contribution in [0.2, 0.25) is 0 Å². The number of ether oxygens (including phenoxy) is 1. The predicted molar refractivity (Wildman–Crippen MR) is 127 cm³/mol. The first-order valence-corrected chi connectivity index (χ1v) is 11.0. The molecule has 0 aliphatic carbocycles. The minimum absolute atomic E-state index is 0.0829. The number of aliphatic imine (C=N–C) groups is 1. The van der Waals surface area contributed by atoms with E-state index in [-0.39, 0.29) is 12.1 Å². The highest BCUT2D eigenvalue weighted by Crippen LogP contribution is 2.18. The molecular weight excluding hydrogens is 402 g/mol. The topological polar surface area (TPSA) is 79.6 Å². The van der Waals surface area contributed by atoms with Gasteiger partial charge in [-0.1, -0.05) is 12.1 Å². The van der Waals surface area contributed by atoms with Crippen molar-refractivity contribution in [2.45, 2.75) is 32.5 Å². The lowest BCUT2D eigenvalue weighted by atomic mass is 10.1. The Morgan fingerprint density at radius 3 is 2.94 bits per heavy atom. The van der Waals surface area contributed by atoms with Crippen LogP contribution in [0.3, 0.4) is 0 Å². The van der Waals surface area contributed by atoms with Gasteiger partial charge < -0.3 is 20.3 Å². The minimum Gasteiger partial charge on any atom is -0.375 e. The van der Waals surface area contributed by atoms with Gasteiger partial charge in [0, 0.05) is 45.3 Å². The summed E-state index contributed by atoms with van der Waals surface area (Å²) in [5.41, 5.74) is 3.35. The molecule has 32 heavy (non-hydrogen) atoms. The second-order valence-corrected chi connectivity index (χ2v) is 7.99. The van der Waals surface area contributed by atoms with Crippen LogP contribution >= 0.6 is 0 Å². The lowest BCUT2D eigenvalue weighted by Crippen LogP contribution is -2.41. The standard InChI is InChI=1S/C24H31N7O/c1-18-17-30(12-13-32-18)23-14-20(8-10-26-23)16-27-24(25-3)29-19(2)21-6-4-7-22(15-21)31-11-5-9-28-31/h4-11,14-15,18-19H,12-13,16-17H2,1-3H3,(H2,25,27,29). The number of aromatic nitrogens is 3. The van der Waals surface area contributed by atoms with Crippen LogP contribution in [0.15, 0.2) is 66.0 Å². The Hall–Kier alpha value is -3.39. The first-order chi connectivity index (χ1) is 15.6. The number of nitrogens with zero attached hydrogens (tertiary/aromatic N) is 5. The highest BCUT2D eigenvalue weighted by atomic mass is 16.5. The van der Waals surface area contributed by atoms with Crippen LogP contribution in [0.25, 0.3) is 5.69 Å². The molecule has 8 heteroatoms. The number of anilines is 1. The van der Waals surface area contributed by atoms with E-state index in [2.05, 4.69) is 62.7 Å². The Morgan fingerprint density at radius 1 is 1.25 bits per heavy atom. The summed E-state index contributed by atoms with van der Waals surface area (Å²) in [7, 11) is 1.79. The van der Waals surface area contributed by atoms with Gasteiger partial charge in [-0.2, -0.15) is 5.10 Å². The zero-order valence-electron chi connectivity index (χ0n) is 18.9. The average molecular weight is 434 g/mol. The summed E-state index contributed by atoms with van der Waals surface area (Å²) in [6, 6.07) is 14.5. The van der Waals surface area contributed by atoms with Crippen LogP contribution in [0.1, 0.15) is 31.0 Å². The first-order valence-electron chi connectivity index (χ1n) is 11.0. The largest absolute Gasteiger partial charge is 0.375 e. The second kappa shape index (κ2) is 10.3. The fourth-order valence-electron chi connectivity index (χ4n) is 3.80. The Bertz CT molecular complexity index is 1030. The molecule has 168 valence electrons. The molecule has 0 saturated carbocycles. The summed E-state index contributed by atoms with van der Waals surface area (Å²) >= 11 is 0. The van der Waals surface area contributed by atoms with Gasteiger partial charge in [-0.05, 0) is 55.3 Å². The number of morpholine rings is 1. The van der Waals surface area contributed by atoms with Gasteiger partial charge in [0.15, 0.2) is 5.96 Å². The zero-order valence-corrected chi connectivity index (χ0v) is 18.9. The maximum absolute atomic E-state index is 5.64. The quantitative estimate of drug-likeness (QED) is 0.460. The van der Waals surface area contributed by atoms with Crippen LogP contribution in [-0.2, 0) is 11.3 Å². The molecule has 2 atom stereocenters. The summed E-state index contributed by atoms with van der Waals surface area (Å²) in [4.78, 5) is 11.2. The Balaban J connectivity index is 1.36. The summed E-state index contributed by atoms with van der Waals surface area (Å²) in [5.74, 6) is 1.74. The molecule has 1 fully saturated rings. The number of pyridine rings is 1. The Morgan fingerprint density at radius 2 is 2.16 bits per heavy atom. The third-order valence-corrected chi connectivity index (χ3v) is 5.55. The Kier molecular flexibility index (Phi) is 7.01. The maximum Gasteiger partial charge on any atom is 0.191 e. The van der Waals surface area contributed by atoms with E-state index < -0.39 is 0 Å². The number of hydrogen-bond donors (Lipinski definition) is 2. The van der Waals surface area contributed by atoms with Gasteiger partial charge in [0.25, 0.3) is 0 Å². The summed E-state index contributed by atoms with van der Waals surface area (Å²) in [6.07, 6.45) is 5.82. The molecule has 1 aliphatic heterocycles. The molecule has 0 amide bonds. The molecule has 1 saturated heterocycles. The summed E-state index contributed by atoms with van der Waals surface area (Å²) in [5, 5.41) is 11.2. The van der Waals surface area contributed by atoms with E-state index in [1.165, 1.54) is 0 Å². The highest BCUT2D eigenvalue weighted by molar-refractivity contribution is 5.80. The summed E-state index contributed by atoms with van der Waals surface area (Å²) < 4.78 is 7.51. The predicted octanol–water partition coefficient (Wildman–Crippen LogP) is 2.92. The van der Waals surface area contributed by atoms with Crippen molar-refractivity contribution in [1.29, 1.82) is 0 Å². The summed E-state index contributed by atoms with van der Waals surface area (Å²) in [6.45, 7) is 7.35. The van der Waals surface area contributed by atoms with Crippen molar-refractivity contribution in [2.75, 3.05) is 31.6 Å². The van der Waals surface area contributed by atoms with Gasteiger partial charge in [0.1, 0.15) is 5.82 Å². The Labute approximate surface area is 189 Å². The molecule has 2 aromatic heterocycles. The number of benzene rings is 1. The van der Waals surface area contributed by atoms with Crippen LogP contribution in [-0.4, -0.2) is 53.6 Å². The van der Waals surface area contributed by atoms with Gasteiger partial charge in [-0.3, -0.25) is 4.99 Å². The molecule has 3 heterocycles. The monoisotopic (exact) mass is 433 g/mol. The molecule has 4 rings (SSSR count). The van der Waals surface area contributed by atoms with E-state index in [9.17, 15) is 0 Å². The lowest BCUT2D eigenvalue weighted by Gasteiger charge is -2.32. The third kappa shape index (κ3) is 5.45. The van der Waals surface area contributed by atoms with Crippen molar-refractivity contribution in [2.24, 2.45) is 4.99 Å². The number of hydrogen-bond acceptors (Lipinski definition) is 5. The van der Waals surface area contributed by atoms with Crippen molar-refractivity contribution < 1.29 is 4.74 Å². The van der Waals surface area contributed by atoms with Crippen molar-refractivity contribution in [3.63, 3.8) is 0 Å². The molecule has 0 spiro atoms. The van der Waals surface area contributed by atoms with Gasteiger partial charge in [0.05, 0.1) is 24.4 Å². The van der Waals surface area contributed by atoms with E-state index in [1.54, 1.807) is 13.2 Å². The van der Waals surface area contributed by atoms with Gasteiger partial charge in [0.2, 0.25) is 0 Å². The maximum atomic E-state index is 5.64. The highest BCUT2D eigenvalue weighted by Gasteiger charge is 2.18. The fourth-order valence-corrected chi connectivity index (χ4v) is 3.80. The molecule has 8 nitrogen and oxygen atoms in total. The van der Waals surface area contributed by atoms with Crippen molar-refractivity contribution in [3.05, 3.63) is 72.2 Å². The first kappa shape index (κ1) is 21.8. The average Bonchev–Trinajstić information content (AvgIpc) is 3.37. The number of nitrogens with one attached hydrogen (secondary N) is 2. The van der Waals surface area contributed by atoms with Crippen LogP contribution in [0.5, 0.6) is 0 Å². The van der Waals surface area contributed by atoms with Gasteiger partial charge in [-0.15, -0.1) is 0 Å². The molecular formula is C24H31N7O. The molecule has 0 radical (unpaired) electrons. The van der Waals surface area contributed by atoms with E-state index in [4.69, 9.17) is 4.74 Å². The van der Waals surface area contributed by atoms with Gasteiger partial charge >= 0.3 is 0 Å². The van der Waals surface area contributed by atoms with E-state index >= 15 is 0 Å². The molecule has 2 unspecified atom stereocenters. The third-order valence-electron chi connectivity index (χ3n) is 5.55. The SMILES string of the molecule is CN=C(NCc1ccnc(N2CCOC(C)C2)c1)NC(C)c1cccc(-n2cccn2)c1. The normalized spacial score (nSPS) is 17.8. The van der Waals surface area contributed by atoms with Crippen molar-refractivity contribution >= 4 is 11.8 Å². The van der Waals surface area contributed by atoms with Crippen LogP contribution in [0.4, 0.5) is 5.82 Å². The molecule has 1 aromatic carbocycles. The van der Waals surface area contributed by atoms with Crippen molar-refractivity contribution in [1.82, 2.24) is 25.4 Å². The van der Waals surface area contributed by atoms with Crippen LogP contribution in [0, 0.1) is 0 Å². The van der Waals surface area contributed by atoms with E-state index in [1.807, 2.05) is 41.3 Å². The number of guanidine groups is 1. The van der Waals surface area contributed by atoms with E-state index in [0.29, 0.717) is 6.54 Å². The zero-order chi connectivity index (χ0) is 22.3. The van der Waals surface area contributed by atoms with Crippen molar-refractivity contribution in [3.8, 4) is 5.69 Å². The fraction of sp³-hybridized carbons (Fsp3) is 0.375. The molecule has 1 aliphatic rings. The minimum atomic E-state index is 0.0829. The molecule has 0 bridgehead atoms. The van der Waals surface area contributed by atoms with Gasteiger partial charge in [-0.25, -0.2) is 9.67 Å². The lowest BCUT2D eigenvalue weighted by molar-refractivity contribution is 0.0529. The number of rotatable bonds is 6.